The summed E-state index contributed by atoms with van der Waals surface area (Å²) in [4.78, 5) is 101. The topological polar surface area (TPSA) is 361 Å². The van der Waals surface area contributed by atoms with Crippen molar-refractivity contribution in [1.82, 2.24) is 57.3 Å². The standard InChI is InChI=1S/C14H18O6.2C12H14N4O4.C7H6N4O.C4H10O2.C4H6O/c1-3-5-9-17-13(15)19-11-7-8-12-20-14(16)18-10-6-4-2;2*17-11(15-5-3-13-9-15)19-7-1-2-8-20-12(18)16-6-4-14-10-16;12-7(10-3-1-8-5-10)11-4-2-9-6-11;5-3-1-2-4-6;1-2-3-4-5/h1-2H,5-12H2;2*3-6,9-10H,1-2,7-8H2;1-6H;5-6H,1-4H2;1,5H,3-4H2. The van der Waals surface area contributed by atoms with Crippen molar-refractivity contribution in [1.29, 1.82) is 0 Å². The SMILES string of the molecule is C#CCCO.C#CCCOC(=O)OCCCCOC(=O)OCCC#C.O=C(OCCCCOC(=O)n1ccnc1)n1ccnc1.O=C(OCCCCOC(=O)n1ccnc1)n1ccnc1.O=C(n1ccnc1)n1ccnc1.OCCCCO. The minimum absolute atomic E-state index is 0.108. The van der Waals surface area contributed by atoms with Crippen LogP contribution in [-0.4, -0.2) is 188 Å². The number of rotatable bonds is 23. The summed E-state index contributed by atoms with van der Waals surface area (Å²) in [6.45, 7) is 2.20. The van der Waals surface area contributed by atoms with E-state index in [4.69, 9.17) is 63.0 Å². The molecule has 0 unspecified atom stereocenters. The highest BCUT2D eigenvalue weighted by atomic mass is 16.7. The quantitative estimate of drug-likeness (QED) is 0.0307. The molecule has 30 nitrogen and oxygen atoms in total. The predicted molar refractivity (Wildman–Crippen MR) is 290 cm³/mol. The monoisotopic (exact) mass is 1160 g/mol. The largest absolute Gasteiger partial charge is 0.508 e. The number of unbranched alkanes of at least 4 members (excludes halogenated alkanes) is 4. The minimum Gasteiger partial charge on any atom is -0.449 e. The summed E-state index contributed by atoms with van der Waals surface area (Å²) >= 11 is 0. The van der Waals surface area contributed by atoms with Crippen LogP contribution >= 0.6 is 0 Å². The van der Waals surface area contributed by atoms with Crippen LogP contribution in [0.3, 0.4) is 0 Å². The Morgan fingerprint density at radius 1 is 0.325 bits per heavy atom. The molecule has 0 fully saturated rings. The maximum atomic E-state index is 11.4. The van der Waals surface area contributed by atoms with Crippen LogP contribution in [0.2, 0.25) is 0 Å². The Hall–Kier alpha value is -10.1. The van der Waals surface area contributed by atoms with Crippen LogP contribution in [0.5, 0.6) is 0 Å². The van der Waals surface area contributed by atoms with Gasteiger partial charge in [0.1, 0.15) is 51.2 Å². The summed E-state index contributed by atoms with van der Waals surface area (Å²) in [6.07, 6.45) is 44.1. The van der Waals surface area contributed by atoms with E-state index in [0.717, 1.165) is 12.8 Å². The molecule has 6 heterocycles. The van der Waals surface area contributed by atoms with Gasteiger partial charge in [0, 0.05) is 107 Å². The summed E-state index contributed by atoms with van der Waals surface area (Å²) in [5.74, 6) is 6.93. The van der Waals surface area contributed by atoms with E-state index in [2.05, 4.69) is 57.1 Å². The zero-order chi connectivity index (χ0) is 60.8. The lowest BCUT2D eigenvalue weighted by molar-refractivity contribution is 0.0452. The highest BCUT2D eigenvalue weighted by Crippen LogP contribution is 2.01. The first-order chi connectivity index (χ1) is 40.4. The zero-order valence-corrected chi connectivity index (χ0v) is 45.5. The Balaban J connectivity index is 0.000000526. The molecule has 0 bridgehead atoms. The molecule has 83 heavy (non-hydrogen) atoms. The van der Waals surface area contributed by atoms with E-state index in [1.54, 1.807) is 24.8 Å². The maximum Gasteiger partial charge on any atom is 0.508 e. The Labute approximate surface area is 478 Å². The smallest absolute Gasteiger partial charge is 0.449 e. The molecular formula is C53H68N12O18. The highest BCUT2D eigenvalue weighted by molar-refractivity contribution is 5.78. The molecule has 0 saturated heterocycles. The Morgan fingerprint density at radius 3 is 0.771 bits per heavy atom. The van der Waals surface area contributed by atoms with Gasteiger partial charge in [0.15, 0.2) is 0 Å². The van der Waals surface area contributed by atoms with Gasteiger partial charge in [0.25, 0.3) is 0 Å². The number of hydrogen-bond donors (Lipinski definition) is 3. The van der Waals surface area contributed by atoms with Crippen molar-refractivity contribution in [2.24, 2.45) is 0 Å². The van der Waals surface area contributed by atoms with E-state index in [-0.39, 0.29) is 78.7 Å². The number of nitrogens with zero attached hydrogens (tertiary/aromatic N) is 12. The normalized spacial score (nSPS) is 9.54. The number of aromatic nitrogens is 12. The number of terminal acetylenes is 3. The molecular weight excluding hydrogens is 1090 g/mol. The molecule has 6 aromatic rings. The summed E-state index contributed by atoms with van der Waals surface area (Å²) in [5.41, 5.74) is 0. The molecule has 0 aliphatic heterocycles. The highest BCUT2D eigenvalue weighted by Gasteiger charge is 2.09. The fourth-order valence-electron chi connectivity index (χ4n) is 4.96. The van der Waals surface area contributed by atoms with E-state index in [1.807, 2.05) is 0 Å². The molecule has 6 aromatic heterocycles. The van der Waals surface area contributed by atoms with Crippen molar-refractivity contribution in [2.75, 3.05) is 72.7 Å². The Morgan fingerprint density at radius 2 is 0.566 bits per heavy atom. The van der Waals surface area contributed by atoms with E-state index in [9.17, 15) is 33.6 Å². The lowest BCUT2D eigenvalue weighted by Gasteiger charge is -2.06. The van der Waals surface area contributed by atoms with Crippen molar-refractivity contribution in [3.8, 4) is 37.0 Å². The van der Waals surface area contributed by atoms with Crippen molar-refractivity contribution >= 4 is 42.7 Å². The number of imidazole rings is 6. The Kier molecular flexibility index (Phi) is 41.9. The van der Waals surface area contributed by atoms with Gasteiger partial charge in [-0.3, -0.25) is 9.13 Å². The summed E-state index contributed by atoms with van der Waals surface area (Å²) in [5, 5.41) is 24.1. The third-order valence-electron chi connectivity index (χ3n) is 9.02. The van der Waals surface area contributed by atoms with Crippen LogP contribution in [0.15, 0.2) is 112 Å². The first kappa shape index (κ1) is 70.9. The second kappa shape index (κ2) is 49.0. The lowest BCUT2D eigenvalue weighted by atomic mass is 10.3. The van der Waals surface area contributed by atoms with Crippen LogP contribution in [0.4, 0.5) is 33.6 Å². The third-order valence-corrected chi connectivity index (χ3v) is 9.02. The predicted octanol–water partition coefficient (Wildman–Crippen LogP) is 5.53. The molecule has 448 valence electrons. The van der Waals surface area contributed by atoms with Gasteiger partial charge in [-0.25, -0.2) is 81.7 Å². The van der Waals surface area contributed by atoms with Gasteiger partial charge in [0.05, 0.1) is 46.2 Å². The number of ether oxygens (including phenoxy) is 8. The second-order valence-corrected chi connectivity index (χ2v) is 15.3. The maximum absolute atomic E-state index is 11.4. The molecule has 30 heteroatoms. The number of aliphatic hydroxyl groups excluding tert-OH is 3. The molecule has 0 aliphatic carbocycles. The van der Waals surface area contributed by atoms with E-state index < -0.39 is 36.7 Å². The second-order valence-electron chi connectivity index (χ2n) is 15.3. The van der Waals surface area contributed by atoms with E-state index >= 15 is 0 Å². The average molecular weight is 1160 g/mol. The first-order valence-electron chi connectivity index (χ1n) is 25.3. The van der Waals surface area contributed by atoms with Crippen molar-refractivity contribution in [2.45, 2.75) is 70.6 Å². The molecule has 0 amide bonds. The molecule has 6 rings (SSSR count). The molecule has 3 N–H and O–H groups in total. The molecule has 0 spiro atoms. The van der Waals surface area contributed by atoms with Gasteiger partial charge in [-0.05, 0) is 51.4 Å². The van der Waals surface area contributed by atoms with Crippen LogP contribution in [0, 0.1) is 37.0 Å². The van der Waals surface area contributed by atoms with Crippen LogP contribution in [0.1, 0.15) is 70.6 Å². The van der Waals surface area contributed by atoms with Crippen molar-refractivity contribution < 1.29 is 86.8 Å². The molecule has 0 saturated carbocycles. The molecule has 0 radical (unpaired) electrons. The summed E-state index contributed by atoms with van der Waals surface area (Å²) in [7, 11) is 0. The number of carbonyl (C=O) groups excluding carboxylic acids is 7. The van der Waals surface area contributed by atoms with Crippen molar-refractivity contribution in [3.63, 3.8) is 0 Å². The zero-order valence-electron chi connectivity index (χ0n) is 45.5. The van der Waals surface area contributed by atoms with Crippen LogP contribution in [0.25, 0.3) is 0 Å². The Bertz CT molecular complexity index is 2440. The van der Waals surface area contributed by atoms with Gasteiger partial charge < -0.3 is 53.2 Å². The van der Waals surface area contributed by atoms with Crippen LogP contribution in [-0.2, 0) is 37.9 Å². The summed E-state index contributed by atoms with van der Waals surface area (Å²) in [6, 6.07) is -0.190. The van der Waals surface area contributed by atoms with Crippen molar-refractivity contribution in [3.05, 3.63) is 112 Å². The number of carbonyl (C=O) groups is 7. The van der Waals surface area contributed by atoms with E-state index in [0.29, 0.717) is 57.8 Å². The van der Waals surface area contributed by atoms with Gasteiger partial charge >= 0.3 is 42.7 Å². The minimum atomic E-state index is -0.755. The fourth-order valence-corrected chi connectivity index (χ4v) is 4.96. The molecule has 0 atom stereocenters. The fraction of sp³-hybridized carbons (Fsp3) is 0.415. The molecule has 0 aliphatic rings. The van der Waals surface area contributed by atoms with Gasteiger partial charge in [-0.15, -0.1) is 37.0 Å². The lowest BCUT2D eigenvalue weighted by Crippen LogP contribution is -2.15. The van der Waals surface area contributed by atoms with Gasteiger partial charge in [-0.2, -0.15) is 0 Å². The number of aliphatic hydroxyl groups is 3. The van der Waals surface area contributed by atoms with Crippen LogP contribution < -0.4 is 0 Å². The van der Waals surface area contributed by atoms with E-state index in [1.165, 1.54) is 115 Å². The summed E-state index contributed by atoms with van der Waals surface area (Å²) < 4.78 is 46.5. The van der Waals surface area contributed by atoms with Gasteiger partial charge in [0.2, 0.25) is 0 Å². The third kappa shape index (κ3) is 36.7. The average Bonchev–Trinajstić information content (AvgIpc) is 4.47. The first-order valence-corrected chi connectivity index (χ1v) is 25.3. The van der Waals surface area contributed by atoms with Gasteiger partial charge in [-0.1, -0.05) is 0 Å². The number of hydrogen-bond acceptors (Lipinski definition) is 24. The molecule has 0 aromatic carbocycles.